The van der Waals surface area contributed by atoms with E-state index in [2.05, 4.69) is 33.7 Å². The summed E-state index contributed by atoms with van der Waals surface area (Å²) in [5.41, 5.74) is 1.46. The fourth-order valence-electron chi connectivity index (χ4n) is 3.98. The summed E-state index contributed by atoms with van der Waals surface area (Å²) in [5, 5.41) is 15.6. The summed E-state index contributed by atoms with van der Waals surface area (Å²) in [6.07, 6.45) is 1.37. The normalized spacial score (nSPS) is 21.5. The van der Waals surface area contributed by atoms with Gasteiger partial charge in [0.25, 0.3) is 0 Å². The lowest BCUT2D eigenvalue weighted by molar-refractivity contribution is -0.125. The first kappa shape index (κ1) is 18.2. The molecular formula is C22H23N5O. The zero-order valence-electron chi connectivity index (χ0n) is 15.6. The van der Waals surface area contributed by atoms with Crippen LogP contribution in [-0.2, 0) is 11.3 Å². The van der Waals surface area contributed by atoms with Gasteiger partial charge in [-0.15, -0.1) is 0 Å². The van der Waals surface area contributed by atoms with Crippen LogP contribution >= 0.6 is 0 Å². The maximum absolute atomic E-state index is 12.6. The number of nitriles is 1. The molecule has 0 aromatic heterocycles. The number of aliphatic imine (C=N–C) groups is 1. The van der Waals surface area contributed by atoms with Crippen LogP contribution in [0.15, 0.2) is 65.7 Å². The SMILES string of the molecule is N#CC1C(=O)NC(Nc2ccccc2)=NC12CCN(Cc1ccccc1)CC2. The van der Waals surface area contributed by atoms with Crippen molar-refractivity contribution < 1.29 is 4.79 Å². The van der Waals surface area contributed by atoms with Crippen molar-refractivity contribution in [3.05, 3.63) is 66.2 Å². The highest BCUT2D eigenvalue weighted by atomic mass is 16.2. The van der Waals surface area contributed by atoms with E-state index >= 15 is 0 Å². The number of rotatable bonds is 3. The molecule has 6 nitrogen and oxygen atoms in total. The fraction of sp³-hybridized carbons (Fsp3) is 0.318. The largest absolute Gasteiger partial charge is 0.326 e. The molecule has 142 valence electrons. The van der Waals surface area contributed by atoms with Crippen LogP contribution in [0.4, 0.5) is 5.69 Å². The zero-order valence-corrected chi connectivity index (χ0v) is 15.6. The Morgan fingerprint density at radius 3 is 2.39 bits per heavy atom. The van der Waals surface area contributed by atoms with E-state index < -0.39 is 11.5 Å². The third-order valence-electron chi connectivity index (χ3n) is 5.51. The second kappa shape index (κ2) is 7.83. The molecule has 0 bridgehead atoms. The number of guanidine groups is 1. The molecule has 1 unspecified atom stereocenters. The summed E-state index contributed by atoms with van der Waals surface area (Å²) >= 11 is 0. The van der Waals surface area contributed by atoms with Crippen LogP contribution in [0.1, 0.15) is 18.4 Å². The molecule has 0 radical (unpaired) electrons. The monoisotopic (exact) mass is 373 g/mol. The molecule has 1 amide bonds. The Bertz CT molecular complexity index is 896. The number of anilines is 1. The minimum Gasteiger partial charge on any atom is -0.326 e. The van der Waals surface area contributed by atoms with E-state index in [1.165, 1.54) is 5.56 Å². The van der Waals surface area contributed by atoms with Gasteiger partial charge >= 0.3 is 0 Å². The number of likely N-dealkylation sites (tertiary alicyclic amines) is 1. The van der Waals surface area contributed by atoms with Crippen molar-refractivity contribution in [3.8, 4) is 6.07 Å². The van der Waals surface area contributed by atoms with Crippen molar-refractivity contribution in [2.75, 3.05) is 18.4 Å². The molecule has 4 rings (SSSR count). The second-order valence-electron chi connectivity index (χ2n) is 7.37. The van der Waals surface area contributed by atoms with Gasteiger partial charge < -0.3 is 5.32 Å². The van der Waals surface area contributed by atoms with Crippen LogP contribution in [0.3, 0.4) is 0 Å². The topological polar surface area (TPSA) is 80.5 Å². The molecule has 6 heteroatoms. The fourth-order valence-corrected chi connectivity index (χ4v) is 3.98. The quantitative estimate of drug-likeness (QED) is 0.867. The van der Waals surface area contributed by atoms with E-state index in [1.54, 1.807) is 0 Å². The number of carbonyl (C=O) groups excluding carboxylic acids is 1. The predicted octanol–water partition coefficient (Wildman–Crippen LogP) is 2.76. The van der Waals surface area contributed by atoms with Crippen LogP contribution in [0, 0.1) is 17.2 Å². The molecule has 2 N–H and O–H groups in total. The Balaban J connectivity index is 1.51. The molecule has 2 aromatic carbocycles. The lowest BCUT2D eigenvalue weighted by Gasteiger charge is -2.43. The first-order chi connectivity index (χ1) is 13.7. The Kier molecular flexibility index (Phi) is 5.09. The molecule has 2 heterocycles. The Morgan fingerprint density at radius 2 is 1.75 bits per heavy atom. The van der Waals surface area contributed by atoms with Gasteiger partial charge in [-0.3, -0.25) is 15.0 Å². The second-order valence-corrected chi connectivity index (χ2v) is 7.37. The lowest BCUT2D eigenvalue weighted by Crippen LogP contribution is -2.58. The number of nitrogens with one attached hydrogen (secondary N) is 2. The van der Waals surface area contributed by atoms with Crippen LogP contribution in [0.25, 0.3) is 0 Å². The average Bonchev–Trinajstić information content (AvgIpc) is 2.71. The minimum absolute atomic E-state index is 0.271. The van der Waals surface area contributed by atoms with Crippen LogP contribution in [0.5, 0.6) is 0 Å². The number of amides is 1. The summed E-state index contributed by atoms with van der Waals surface area (Å²) in [4.78, 5) is 19.8. The molecule has 2 aliphatic heterocycles. The van der Waals surface area contributed by atoms with E-state index in [0.29, 0.717) is 18.8 Å². The number of benzene rings is 2. The van der Waals surface area contributed by atoms with Crippen molar-refractivity contribution in [1.82, 2.24) is 10.2 Å². The van der Waals surface area contributed by atoms with Crippen LogP contribution in [0.2, 0.25) is 0 Å². The Hall–Kier alpha value is -3.17. The van der Waals surface area contributed by atoms with E-state index in [4.69, 9.17) is 4.99 Å². The average molecular weight is 373 g/mol. The molecule has 1 saturated heterocycles. The molecular weight excluding hydrogens is 350 g/mol. The summed E-state index contributed by atoms with van der Waals surface area (Å²) < 4.78 is 0. The number of para-hydroxylation sites is 1. The highest BCUT2D eigenvalue weighted by Crippen LogP contribution is 2.36. The van der Waals surface area contributed by atoms with Crippen LogP contribution < -0.4 is 10.6 Å². The van der Waals surface area contributed by atoms with Gasteiger partial charge in [-0.05, 0) is 30.5 Å². The van der Waals surface area contributed by atoms with Crippen LogP contribution in [-0.4, -0.2) is 35.4 Å². The molecule has 1 fully saturated rings. The number of piperidine rings is 1. The summed E-state index contributed by atoms with van der Waals surface area (Å²) in [5.74, 6) is -0.598. The predicted molar refractivity (Wildman–Crippen MR) is 108 cm³/mol. The molecule has 2 aliphatic rings. The van der Waals surface area contributed by atoms with Gasteiger partial charge in [0.2, 0.25) is 11.9 Å². The van der Waals surface area contributed by atoms with E-state index in [0.717, 1.165) is 25.3 Å². The molecule has 0 saturated carbocycles. The zero-order chi connectivity index (χ0) is 19.4. The molecule has 2 aromatic rings. The summed E-state index contributed by atoms with van der Waals surface area (Å²) in [6.45, 7) is 2.49. The smallest absolute Gasteiger partial charge is 0.246 e. The van der Waals surface area contributed by atoms with Crippen molar-refractivity contribution in [3.63, 3.8) is 0 Å². The number of hydrogen-bond donors (Lipinski definition) is 2. The maximum atomic E-state index is 12.6. The maximum Gasteiger partial charge on any atom is 0.246 e. The first-order valence-electron chi connectivity index (χ1n) is 9.57. The Labute approximate surface area is 164 Å². The highest BCUT2D eigenvalue weighted by molar-refractivity contribution is 6.07. The van der Waals surface area contributed by atoms with Crippen molar-refractivity contribution in [1.29, 1.82) is 5.26 Å². The molecule has 1 atom stereocenters. The van der Waals surface area contributed by atoms with Crippen molar-refractivity contribution in [2.45, 2.75) is 24.9 Å². The van der Waals surface area contributed by atoms with Gasteiger partial charge in [-0.25, -0.2) is 4.99 Å². The molecule has 1 spiro atoms. The first-order valence-corrected chi connectivity index (χ1v) is 9.57. The molecule has 28 heavy (non-hydrogen) atoms. The minimum atomic E-state index is -0.757. The van der Waals surface area contributed by atoms with E-state index in [-0.39, 0.29) is 5.91 Å². The van der Waals surface area contributed by atoms with Gasteiger partial charge in [-0.1, -0.05) is 48.5 Å². The lowest BCUT2D eigenvalue weighted by atomic mass is 9.76. The van der Waals surface area contributed by atoms with Gasteiger partial charge in [0.1, 0.15) is 0 Å². The van der Waals surface area contributed by atoms with E-state index in [1.807, 2.05) is 48.5 Å². The van der Waals surface area contributed by atoms with Gasteiger partial charge in [0, 0.05) is 25.3 Å². The third-order valence-corrected chi connectivity index (χ3v) is 5.51. The van der Waals surface area contributed by atoms with Gasteiger partial charge in [-0.2, -0.15) is 5.26 Å². The molecule has 0 aliphatic carbocycles. The highest BCUT2D eigenvalue weighted by Gasteiger charge is 2.48. The summed E-state index contributed by atoms with van der Waals surface area (Å²) in [7, 11) is 0. The van der Waals surface area contributed by atoms with Gasteiger partial charge in [0.15, 0.2) is 5.92 Å². The number of hydrogen-bond acceptors (Lipinski definition) is 5. The standard InChI is InChI=1S/C22H23N5O/c23-15-19-20(28)25-21(24-18-9-5-2-6-10-18)26-22(19)11-13-27(14-12-22)16-17-7-3-1-4-8-17/h1-10,19H,11-14,16H2,(H2,24,25,26,28). The Morgan fingerprint density at radius 1 is 1.11 bits per heavy atom. The number of carbonyl (C=O) groups is 1. The number of nitrogens with zero attached hydrogens (tertiary/aromatic N) is 3. The summed E-state index contributed by atoms with van der Waals surface area (Å²) in [6, 6.07) is 22.2. The van der Waals surface area contributed by atoms with Crippen molar-refractivity contribution >= 4 is 17.6 Å². The van der Waals surface area contributed by atoms with Gasteiger partial charge in [0.05, 0.1) is 11.6 Å². The third kappa shape index (κ3) is 3.75. The van der Waals surface area contributed by atoms with Crippen molar-refractivity contribution in [2.24, 2.45) is 10.9 Å². The van der Waals surface area contributed by atoms with E-state index in [9.17, 15) is 10.1 Å².